The average molecular weight is 333 g/mol. The van der Waals surface area contributed by atoms with E-state index in [0.29, 0.717) is 28.7 Å². The van der Waals surface area contributed by atoms with Gasteiger partial charge in [0.15, 0.2) is 11.5 Å². The minimum Gasteiger partial charge on any atom is -0.454 e. The van der Waals surface area contributed by atoms with Crippen LogP contribution in [0.4, 0.5) is 0 Å². The summed E-state index contributed by atoms with van der Waals surface area (Å²) in [5.41, 5.74) is 2.99. The van der Waals surface area contributed by atoms with Gasteiger partial charge in [0.25, 0.3) is 5.89 Å². The van der Waals surface area contributed by atoms with Gasteiger partial charge >= 0.3 is 0 Å². The number of pyridine rings is 1. The van der Waals surface area contributed by atoms with Crippen LogP contribution in [-0.2, 0) is 0 Å². The molecule has 0 radical (unpaired) electrons. The molecular weight excluding hydrogens is 322 g/mol. The van der Waals surface area contributed by atoms with Crippen LogP contribution in [0.25, 0.3) is 34.2 Å². The number of fused-ring (bicyclic) bond motifs is 1. The largest absolute Gasteiger partial charge is 0.454 e. The molecule has 1 aliphatic heterocycles. The third-order valence-corrected chi connectivity index (χ3v) is 3.85. The van der Waals surface area contributed by atoms with Crippen molar-refractivity contribution in [3.05, 3.63) is 48.8 Å². The molecular formula is C17H11N5O3. The van der Waals surface area contributed by atoms with Gasteiger partial charge in [0.1, 0.15) is 5.69 Å². The molecule has 0 aliphatic carbocycles. The van der Waals surface area contributed by atoms with Crippen LogP contribution in [0.15, 0.2) is 53.3 Å². The number of hydrogen-bond donors (Lipinski definition) is 1. The Labute approximate surface area is 141 Å². The molecule has 3 aromatic heterocycles. The first-order valence-corrected chi connectivity index (χ1v) is 7.57. The van der Waals surface area contributed by atoms with Crippen molar-refractivity contribution in [2.75, 3.05) is 6.79 Å². The maximum absolute atomic E-state index is 5.43. The Balaban J connectivity index is 1.55. The minimum absolute atomic E-state index is 0.228. The van der Waals surface area contributed by atoms with E-state index in [1.165, 1.54) is 0 Å². The highest BCUT2D eigenvalue weighted by atomic mass is 16.7. The molecule has 4 heterocycles. The van der Waals surface area contributed by atoms with Crippen molar-refractivity contribution in [2.45, 2.75) is 0 Å². The number of aromatic amines is 1. The molecule has 8 heteroatoms. The van der Waals surface area contributed by atoms with Crippen molar-refractivity contribution < 1.29 is 14.0 Å². The molecule has 122 valence electrons. The highest BCUT2D eigenvalue weighted by molar-refractivity contribution is 5.78. The predicted molar refractivity (Wildman–Crippen MR) is 86.7 cm³/mol. The lowest BCUT2D eigenvalue weighted by molar-refractivity contribution is 0.174. The molecule has 1 aromatic carbocycles. The highest BCUT2D eigenvalue weighted by Gasteiger charge is 2.20. The molecule has 0 spiro atoms. The van der Waals surface area contributed by atoms with Crippen LogP contribution in [0, 0.1) is 0 Å². The second-order valence-electron chi connectivity index (χ2n) is 5.36. The summed E-state index contributed by atoms with van der Waals surface area (Å²) in [5, 5.41) is 11.1. The van der Waals surface area contributed by atoms with Gasteiger partial charge in [-0.2, -0.15) is 10.1 Å². The van der Waals surface area contributed by atoms with E-state index < -0.39 is 0 Å². The van der Waals surface area contributed by atoms with E-state index in [1.807, 2.05) is 36.4 Å². The zero-order valence-electron chi connectivity index (χ0n) is 12.8. The van der Waals surface area contributed by atoms with Crippen molar-refractivity contribution in [2.24, 2.45) is 0 Å². The minimum atomic E-state index is 0.228. The van der Waals surface area contributed by atoms with Crippen molar-refractivity contribution in [3.63, 3.8) is 0 Å². The molecule has 4 aromatic rings. The number of hydrogen-bond acceptors (Lipinski definition) is 7. The second-order valence-corrected chi connectivity index (χ2v) is 5.36. The van der Waals surface area contributed by atoms with Gasteiger partial charge in [0, 0.05) is 11.8 Å². The van der Waals surface area contributed by atoms with Crippen LogP contribution in [0.3, 0.4) is 0 Å². The first-order chi connectivity index (χ1) is 12.4. The molecule has 1 N–H and O–H groups in total. The van der Waals surface area contributed by atoms with Crippen LogP contribution in [-0.4, -0.2) is 32.1 Å². The summed E-state index contributed by atoms with van der Waals surface area (Å²) in [4.78, 5) is 8.65. The third kappa shape index (κ3) is 2.31. The van der Waals surface area contributed by atoms with E-state index in [9.17, 15) is 0 Å². The maximum atomic E-state index is 5.43. The van der Waals surface area contributed by atoms with Crippen LogP contribution in [0.1, 0.15) is 0 Å². The highest BCUT2D eigenvalue weighted by Crippen LogP contribution is 2.38. The van der Waals surface area contributed by atoms with Gasteiger partial charge in [-0.25, -0.2) is 0 Å². The lowest BCUT2D eigenvalue weighted by Gasteiger charge is -2.02. The fourth-order valence-electron chi connectivity index (χ4n) is 2.65. The second kappa shape index (κ2) is 5.45. The Bertz CT molecular complexity index is 1040. The molecule has 0 saturated carbocycles. The van der Waals surface area contributed by atoms with Crippen molar-refractivity contribution in [1.29, 1.82) is 0 Å². The molecule has 0 unspecified atom stereocenters. The lowest BCUT2D eigenvalue weighted by atomic mass is 10.1. The molecule has 8 nitrogen and oxygen atoms in total. The lowest BCUT2D eigenvalue weighted by Crippen LogP contribution is -1.92. The molecule has 0 bridgehead atoms. The summed E-state index contributed by atoms with van der Waals surface area (Å²) >= 11 is 0. The number of aromatic nitrogens is 5. The summed E-state index contributed by atoms with van der Waals surface area (Å²) in [5.74, 6) is 2.20. The Morgan fingerprint density at radius 3 is 2.92 bits per heavy atom. The molecule has 5 rings (SSSR count). The van der Waals surface area contributed by atoms with E-state index in [1.54, 1.807) is 12.4 Å². The van der Waals surface area contributed by atoms with E-state index in [4.69, 9.17) is 14.0 Å². The van der Waals surface area contributed by atoms with E-state index in [2.05, 4.69) is 25.3 Å². The van der Waals surface area contributed by atoms with Gasteiger partial charge in [-0.1, -0.05) is 11.2 Å². The fourth-order valence-corrected chi connectivity index (χ4v) is 2.65. The monoisotopic (exact) mass is 333 g/mol. The van der Waals surface area contributed by atoms with Gasteiger partial charge in [0.2, 0.25) is 12.6 Å². The smallest absolute Gasteiger partial charge is 0.262 e. The normalized spacial score (nSPS) is 12.5. The van der Waals surface area contributed by atoms with Crippen molar-refractivity contribution in [3.8, 4) is 45.7 Å². The Morgan fingerprint density at radius 2 is 2.00 bits per heavy atom. The summed E-state index contributed by atoms with van der Waals surface area (Å²) in [6.45, 7) is 0.228. The summed E-state index contributed by atoms with van der Waals surface area (Å²) in [6.07, 6.45) is 3.33. The van der Waals surface area contributed by atoms with E-state index in [0.717, 1.165) is 17.0 Å². The first kappa shape index (κ1) is 13.7. The van der Waals surface area contributed by atoms with Gasteiger partial charge in [-0.05, 0) is 30.3 Å². The van der Waals surface area contributed by atoms with Gasteiger partial charge in [0.05, 0.1) is 17.5 Å². The molecule has 1 aliphatic rings. The van der Waals surface area contributed by atoms with Crippen LogP contribution >= 0.6 is 0 Å². The molecule has 0 amide bonds. The number of rotatable bonds is 3. The van der Waals surface area contributed by atoms with Crippen LogP contribution in [0.2, 0.25) is 0 Å². The van der Waals surface area contributed by atoms with E-state index >= 15 is 0 Å². The average Bonchev–Trinajstić information content (AvgIpc) is 3.40. The molecule has 0 saturated heterocycles. The van der Waals surface area contributed by atoms with Crippen molar-refractivity contribution >= 4 is 0 Å². The first-order valence-electron chi connectivity index (χ1n) is 7.57. The Hall–Kier alpha value is -3.68. The van der Waals surface area contributed by atoms with Crippen molar-refractivity contribution in [1.82, 2.24) is 25.3 Å². The summed E-state index contributed by atoms with van der Waals surface area (Å²) in [6, 6.07) is 11.2. The SMILES string of the molecule is c1ccc(-c2noc(-c3cn[nH]c3-c3ccc4c(c3)OCO4)n2)nc1. The van der Waals surface area contributed by atoms with Gasteiger partial charge in [-0.3, -0.25) is 10.1 Å². The summed E-state index contributed by atoms with van der Waals surface area (Å²) in [7, 11) is 0. The number of ether oxygens (including phenoxy) is 2. The van der Waals surface area contributed by atoms with Crippen LogP contribution < -0.4 is 9.47 Å². The number of nitrogens with zero attached hydrogens (tertiary/aromatic N) is 4. The van der Waals surface area contributed by atoms with Gasteiger partial charge < -0.3 is 14.0 Å². The van der Waals surface area contributed by atoms with Crippen LogP contribution in [0.5, 0.6) is 11.5 Å². The third-order valence-electron chi connectivity index (χ3n) is 3.85. The standard InChI is InChI=1S/C17H11N5O3/c1-2-6-18-12(3-1)16-20-17(25-22-16)11-8-19-21-15(11)10-4-5-13-14(7-10)24-9-23-13/h1-8H,9H2,(H,19,21). The number of benzene rings is 1. The zero-order valence-corrected chi connectivity index (χ0v) is 12.8. The van der Waals surface area contributed by atoms with Gasteiger partial charge in [-0.15, -0.1) is 0 Å². The topological polar surface area (TPSA) is 99.0 Å². The quantitative estimate of drug-likeness (QED) is 0.615. The summed E-state index contributed by atoms with van der Waals surface area (Å²) < 4.78 is 16.2. The molecule has 0 atom stereocenters. The molecule has 25 heavy (non-hydrogen) atoms. The number of H-pyrrole nitrogens is 1. The maximum Gasteiger partial charge on any atom is 0.262 e. The fraction of sp³-hybridized carbons (Fsp3) is 0.0588. The molecule has 0 fully saturated rings. The Kier molecular flexibility index (Phi) is 2.99. The Morgan fingerprint density at radius 1 is 1.04 bits per heavy atom. The zero-order chi connectivity index (χ0) is 16.6. The number of nitrogens with one attached hydrogen (secondary N) is 1. The van der Waals surface area contributed by atoms with E-state index in [-0.39, 0.29) is 6.79 Å². The predicted octanol–water partition coefficient (Wildman–Crippen LogP) is 2.92.